The number of hydrogen-bond donors (Lipinski definition) is 4. The van der Waals surface area contributed by atoms with Gasteiger partial charge in [-0.1, -0.05) is 84.9 Å². The predicted octanol–water partition coefficient (Wildman–Crippen LogP) is 2.26. The molecule has 0 radical (unpaired) electrons. The highest BCUT2D eigenvalue weighted by Crippen LogP contribution is 2.59. The van der Waals surface area contributed by atoms with Crippen molar-refractivity contribution >= 4 is 29.8 Å². The van der Waals surface area contributed by atoms with E-state index in [1.165, 1.54) is 18.1 Å². The van der Waals surface area contributed by atoms with Crippen LogP contribution in [0.3, 0.4) is 0 Å². The summed E-state index contributed by atoms with van der Waals surface area (Å²) in [5, 5.41) is 26.3. The number of ether oxygens (including phenoxy) is 4. The second-order valence-electron chi connectivity index (χ2n) is 14.2. The summed E-state index contributed by atoms with van der Waals surface area (Å²) >= 11 is 0. The van der Waals surface area contributed by atoms with Crippen molar-refractivity contribution in [2.75, 3.05) is 19.8 Å². The van der Waals surface area contributed by atoms with E-state index in [0.717, 1.165) is 6.08 Å². The number of benzene rings is 3. The van der Waals surface area contributed by atoms with E-state index in [2.05, 4.69) is 15.4 Å². The third-order valence-electron chi connectivity index (χ3n) is 10.4. The second-order valence-corrected chi connectivity index (χ2v) is 14.2. The lowest BCUT2D eigenvalue weighted by atomic mass is 9.62. The van der Waals surface area contributed by atoms with Crippen LogP contribution >= 0.6 is 0 Å². The lowest BCUT2D eigenvalue weighted by molar-refractivity contribution is -0.213. The van der Waals surface area contributed by atoms with Gasteiger partial charge in [0, 0.05) is 30.2 Å². The van der Waals surface area contributed by atoms with E-state index in [9.17, 15) is 42.6 Å². The summed E-state index contributed by atoms with van der Waals surface area (Å²) < 4.78 is 61.6. The molecule has 3 aromatic carbocycles. The zero-order valence-corrected chi connectivity index (χ0v) is 30.5. The fourth-order valence-corrected chi connectivity index (χ4v) is 8.00. The van der Waals surface area contributed by atoms with Crippen LogP contribution < -0.4 is 10.6 Å². The van der Waals surface area contributed by atoms with Crippen molar-refractivity contribution in [1.29, 1.82) is 0 Å². The third-order valence-corrected chi connectivity index (χ3v) is 10.4. The summed E-state index contributed by atoms with van der Waals surface area (Å²) in [6, 6.07) is 21.8. The number of esters is 2. The summed E-state index contributed by atoms with van der Waals surface area (Å²) in [6.45, 7) is -1.09. The maximum atomic E-state index is 14.9. The van der Waals surface area contributed by atoms with E-state index < -0.39 is 90.3 Å². The summed E-state index contributed by atoms with van der Waals surface area (Å²) in [5.74, 6) is -5.10. The number of aliphatic hydroxyl groups is 2. The summed E-state index contributed by atoms with van der Waals surface area (Å²) in [7, 11) is 0. The first-order valence-corrected chi connectivity index (χ1v) is 18.2. The Morgan fingerprint density at radius 2 is 1.67 bits per heavy atom. The zero-order valence-electron chi connectivity index (χ0n) is 30.5. The molecule has 2 amide bonds. The van der Waals surface area contributed by atoms with Gasteiger partial charge in [0.2, 0.25) is 17.6 Å². The Morgan fingerprint density at radius 3 is 2.30 bits per heavy atom. The quantitative estimate of drug-likeness (QED) is 0.147. The van der Waals surface area contributed by atoms with E-state index in [1.54, 1.807) is 24.3 Å². The van der Waals surface area contributed by atoms with Crippen LogP contribution in [-0.2, 0) is 55.3 Å². The normalized spacial score (nSPS) is 27.3. The van der Waals surface area contributed by atoms with Gasteiger partial charge in [-0.2, -0.15) is 18.2 Å². The van der Waals surface area contributed by atoms with Crippen LogP contribution in [-0.4, -0.2) is 108 Å². The molecule has 8 atom stereocenters. The second kappa shape index (κ2) is 16.0. The van der Waals surface area contributed by atoms with Crippen molar-refractivity contribution in [1.82, 2.24) is 15.7 Å². The van der Waals surface area contributed by atoms with E-state index in [4.69, 9.17) is 19.0 Å². The molecule has 17 heteroatoms. The van der Waals surface area contributed by atoms with E-state index >= 15 is 0 Å². The highest BCUT2D eigenvalue weighted by Gasteiger charge is 2.76. The fraction of sp³-hybridized carbons (Fsp3) is 0.400. The first kappa shape index (κ1) is 40.0. The third kappa shape index (κ3) is 7.78. The van der Waals surface area contributed by atoms with Crippen molar-refractivity contribution in [3.8, 4) is 0 Å². The van der Waals surface area contributed by atoms with Crippen molar-refractivity contribution in [2.24, 2.45) is 5.41 Å². The van der Waals surface area contributed by atoms with Gasteiger partial charge >= 0.3 is 18.1 Å². The van der Waals surface area contributed by atoms with E-state index in [-0.39, 0.29) is 26.1 Å². The number of carbonyl (C=O) groups excluding carboxylic acids is 4. The van der Waals surface area contributed by atoms with Crippen molar-refractivity contribution in [2.45, 2.75) is 74.5 Å². The molecule has 57 heavy (non-hydrogen) atoms. The Labute approximate surface area is 324 Å². The smallest absolute Gasteiger partial charge is 0.422 e. The van der Waals surface area contributed by atoms with E-state index in [0.29, 0.717) is 22.3 Å². The number of rotatable bonds is 13. The average molecular weight is 796 g/mol. The molecule has 7 rings (SSSR count). The van der Waals surface area contributed by atoms with Crippen LogP contribution in [0, 0.1) is 5.41 Å². The van der Waals surface area contributed by atoms with Crippen molar-refractivity contribution in [3.63, 3.8) is 0 Å². The molecule has 0 aromatic heterocycles. The minimum absolute atomic E-state index is 0.117. The first-order chi connectivity index (χ1) is 27.3. The van der Waals surface area contributed by atoms with Crippen LogP contribution in [0.25, 0.3) is 6.08 Å². The van der Waals surface area contributed by atoms with Crippen LogP contribution in [0.2, 0.25) is 0 Å². The van der Waals surface area contributed by atoms with Crippen molar-refractivity contribution < 1.29 is 66.3 Å². The molecule has 3 aliphatic heterocycles. The van der Waals surface area contributed by atoms with Gasteiger partial charge in [0.15, 0.2) is 12.6 Å². The summed E-state index contributed by atoms with van der Waals surface area (Å²) in [6.07, 6.45) is -8.29. The maximum Gasteiger partial charge on any atom is 0.422 e. The Balaban J connectivity index is 1.26. The van der Waals surface area contributed by atoms with Gasteiger partial charge in [0.1, 0.15) is 35.9 Å². The number of carbonyl (C=O) groups is 4. The monoisotopic (exact) mass is 795 g/mol. The highest BCUT2D eigenvalue weighted by atomic mass is 19.4. The summed E-state index contributed by atoms with van der Waals surface area (Å²) in [5.41, 5.74) is 0.399. The number of nitrogens with one attached hydrogen (secondary N) is 2. The topological polar surface area (TPSA) is 182 Å². The number of aliphatic hydroxyl groups excluding tert-OH is 2. The number of fused-ring (bicyclic) bond motifs is 4. The number of nitrogens with zero attached hydrogens (tertiary/aromatic N) is 1. The van der Waals surface area contributed by atoms with Crippen molar-refractivity contribution in [3.05, 3.63) is 113 Å². The molecule has 4 aliphatic rings. The van der Waals surface area contributed by atoms with Gasteiger partial charge in [-0.3, -0.25) is 19.2 Å². The summed E-state index contributed by atoms with van der Waals surface area (Å²) in [4.78, 5) is 60.7. The molecule has 4 N–H and O–H groups in total. The molecule has 14 nitrogen and oxygen atoms in total. The highest BCUT2D eigenvalue weighted by molar-refractivity contribution is 5.96. The molecule has 302 valence electrons. The minimum atomic E-state index is -4.69. The predicted molar refractivity (Wildman–Crippen MR) is 191 cm³/mol. The van der Waals surface area contributed by atoms with Crippen LogP contribution in [0.5, 0.6) is 0 Å². The average Bonchev–Trinajstić information content (AvgIpc) is 3.77. The van der Waals surface area contributed by atoms with Gasteiger partial charge in [0.05, 0.1) is 19.3 Å². The fourth-order valence-electron chi connectivity index (χ4n) is 8.00. The Morgan fingerprint density at radius 1 is 1.00 bits per heavy atom. The number of halogens is 3. The molecule has 2 bridgehead atoms. The lowest BCUT2D eigenvalue weighted by Crippen LogP contribution is -2.71. The number of alkyl halides is 3. The molecular weight excluding hydrogens is 755 g/mol. The minimum Gasteiger partial charge on any atom is -0.458 e. The Kier molecular flexibility index (Phi) is 11.2. The molecule has 1 saturated carbocycles. The molecule has 8 unspecified atom stereocenters. The molecule has 3 heterocycles. The molecular formula is C40H40F3N3O11. The molecule has 4 fully saturated rings. The van der Waals surface area contributed by atoms with Crippen LogP contribution in [0.15, 0.2) is 91.0 Å². The Hall–Kier alpha value is -5.17. The maximum absolute atomic E-state index is 14.9. The molecule has 0 spiro atoms. The largest absolute Gasteiger partial charge is 0.458 e. The lowest BCUT2D eigenvalue weighted by Gasteiger charge is -2.49. The van der Waals surface area contributed by atoms with Gasteiger partial charge in [-0.25, -0.2) is 4.79 Å². The Bertz CT molecular complexity index is 1960. The molecule has 1 aliphatic carbocycles. The van der Waals surface area contributed by atoms with Crippen LogP contribution in [0.4, 0.5) is 13.2 Å². The van der Waals surface area contributed by atoms with Gasteiger partial charge in [-0.05, 0) is 24.1 Å². The number of hydroxylamine groups is 2. The standard InChI is InChI=1S/C40H40F3N3O11/c1-23(48)30(35(50)44-17-18-47)45-37(52)38-20-28-31-32(56-40(55-31,26-11-4-2-5-12-26)27-13-6-3-7-14-27)34(38)57-46(33(38)36(51)54-28)21-25-10-8-9-24(19-25)15-16-29(49)53-22-39(41,42)43/h2-16,19,23,28,30-34,47-48H,17-18,20-22H2,1H3,(H,44,50)(H,45,52). The van der Waals surface area contributed by atoms with Gasteiger partial charge < -0.3 is 39.8 Å². The SMILES string of the molecule is CC(O)C(NC(=O)C12CC3OC(=O)C1N(Cc1cccc(C=CC(=O)OCC(F)(F)F)c1)OC2C1OC(c2ccccc2)(c2ccccc2)OC31)C(=O)NCCO. The van der Waals surface area contributed by atoms with E-state index in [1.807, 2.05) is 60.7 Å². The number of hydrogen-bond acceptors (Lipinski definition) is 12. The van der Waals surface area contributed by atoms with Gasteiger partial charge in [0.25, 0.3) is 0 Å². The van der Waals surface area contributed by atoms with Gasteiger partial charge in [-0.15, -0.1) is 0 Å². The van der Waals surface area contributed by atoms with Crippen LogP contribution in [0.1, 0.15) is 35.6 Å². The zero-order chi connectivity index (χ0) is 40.5. The number of amides is 2. The molecule has 3 saturated heterocycles. The molecule has 3 aromatic rings. The first-order valence-electron chi connectivity index (χ1n) is 18.2.